The van der Waals surface area contributed by atoms with Crippen LogP contribution in [0.25, 0.3) is 10.9 Å². The van der Waals surface area contributed by atoms with Crippen molar-refractivity contribution >= 4 is 28.3 Å². The van der Waals surface area contributed by atoms with Gasteiger partial charge in [-0.2, -0.15) is 0 Å². The summed E-state index contributed by atoms with van der Waals surface area (Å²) in [6.45, 7) is 0. The van der Waals surface area contributed by atoms with Gasteiger partial charge in [0.1, 0.15) is 17.1 Å². The molecule has 0 spiro atoms. The highest BCUT2D eigenvalue weighted by Crippen LogP contribution is 2.29. The van der Waals surface area contributed by atoms with Crippen molar-refractivity contribution in [1.29, 1.82) is 0 Å². The molecule has 0 fully saturated rings. The lowest BCUT2D eigenvalue weighted by Gasteiger charge is -2.06. The third kappa shape index (κ3) is 1.36. The van der Waals surface area contributed by atoms with E-state index in [0.29, 0.717) is 22.1 Å². The zero-order valence-corrected chi connectivity index (χ0v) is 8.38. The predicted molar refractivity (Wildman–Crippen MR) is 57.7 cm³/mol. The van der Waals surface area contributed by atoms with Crippen molar-refractivity contribution in [2.75, 3.05) is 12.8 Å². The zero-order chi connectivity index (χ0) is 10.1. The Morgan fingerprint density at radius 1 is 1.43 bits per heavy atom. The quantitative estimate of drug-likeness (QED) is 0.783. The molecule has 3 nitrogen and oxygen atoms in total. The summed E-state index contributed by atoms with van der Waals surface area (Å²) in [5.41, 5.74) is 6.29. The number of anilines is 1. The third-order valence-corrected chi connectivity index (χ3v) is 2.30. The van der Waals surface area contributed by atoms with Crippen molar-refractivity contribution in [2.24, 2.45) is 0 Å². The van der Waals surface area contributed by atoms with Crippen LogP contribution in [-0.2, 0) is 0 Å². The Balaban J connectivity index is 2.86. The maximum Gasteiger partial charge on any atom is 0.145 e. The lowest BCUT2D eigenvalue weighted by atomic mass is 10.2. The van der Waals surface area contributed by atoms with E-state index in [1.54, 1.807) is 13.2 Å². The van der Waals surface area contributed by atoms with Crippen molar-refractivity contribution in [3.05, 3.63) is 29.3 Å². The van der Waals surface area contributed by atoms with Crippen molar-refractivity contribution in [2.45, 2.75) is 0 Å². The summed E-state index contributed by atoms with van der Waals surface area (Å²) in [5.74, 6) is 1.07. The molecule has 0 aliphatic rings. The Labute approximate surface area is 86.5 Å². The smallest absolute Gasteiger partial charge is 0.145 e. The second kappa shape index (κ2) is 3.35. The average molecular weight is 209 g/mol. The molecule has 0 bridgehead atoms. The van der Waals surface area contributed by atoms with Gasteiger partial charge in [-0.15, -0.1) is 0 Å². The molecule has 1 aromatic carbocycles. The average Bonchev–Trinajstić information content (AvgIpc) is 2.17. The number of aromatic nitrogens is 1. The number of benzene rings is 1. The fourth-order valence-electron chi connectivity index (χ4n) is 1.36. The fraction of sp³-hybridized carbons (Fsp3) is 0.100. The highest BCUT2D eigenvalue weighted by molar-refractivity contribution is 6.35. The minimum Gasteiger partial charge on any atom is -0.494 e. The van der Waals surface area contributed by atoms with Gasteiger partial charge >= 0.3 is 0 Å². The van der Waals surface area contributed by atoms with Gasteiger partial charge in [0.25, 0.3) is 0 Å². The van der Waals surface area contributed by atoms with Gasteiger partial charge in [-0.25, -0.2) is 4.98 Å². The molecule has 2 N–H and O–H groups in total. The van der Waals surface area contributed by atoms with E-state index in [2.05, 4.69) is 4.98 Å². The maximum atomic E-state index is 6.02. The van der Waals surface area contributed by atoms with Crippen molar-refractivity contribution in [3.8, 4) is 5.75 Å². The number of nitrogens with zero attached hydrogens (tertiary/aromatic N) is 1. The van der Waals surface area contributed by atoms with E-state index in [1.165, 1.54) is 0 Å². The van der Waals surface area contributed by atoms with E-state index < -0.39 is 0 Å². The predicted octanol–water partition coefficient (Wildman–Crippen LogP) is 2.48. The Kier molecular flexibility index (Phi) is 2.17. The van der Waals surface area contributed by atoms with Crippen LogP contribution in [0.5, 0.6) is 5.75 Å². The molecule has 0 unspecified atom stereocenters. The van der Waals surface area contributed by atoms with E-state index in [9.17, 15) is 0 Å². The molecule has 72 valence electrons. The standard InChI is InChI=1S/C10H9ClN2O/c1-14-8-4-2-3-6-7(11)5-9(12)13-10(6)8/h2-5H,1H3,(H2,12,13). The van der Waals surface area contributed by atoms with Crippen molar-refractivity contribution < 1.29 is 4.74 Å². The fourth-order valence-corrected chi connectivity index (χ4v) is 1.63. The molecule has 2 rings (SSSR count). The highest BCUT2D eigenvalue weighted by atomic mass is 35.5. The second-order valence-electron chi connectivity index (χ2n) is 2.89. The van der Waals surface area contributed by atoms with E-state index in [4.69, 9.17) is 22.1 Å². The van der Waals surface area contributed by atoms with Gasteiger partial charge in [0.05, 0.1) is 12.1 Å². The largest absolute Gasteiger partial charge is 0.494 e. The summed E-state index contributed by atoms with van der Waals surface area (Å²) in [4.78, 5) is 4.18. The number of halogens is 1. The van der Waals surface area contributed by atoms with Crippen LogP contribution in [0.1, 0.15) is 0 Å². The van der Waals surface area contributed by atoms with Crippen LogP contribution in [0.4, 0.5) is 5.82 Å². The lowest BCUT2D eigenvalue weighted by Crippen LogP contribution is -1.93. The van der Waals surface area contributed by atoms with Crippen LogP contribution < -0.4 is 10.5 Å². The highest BCUT2D eigenvalue weighted by Gasteiger charge is 2.06. The molecule has 1 heterocycles. The van der Waals surface area contributed by atoms with E-state index >= 15 is 0 Å². The van der Waals surface area contributed by atoms with Crippen LogP contribution in [0.15, 0.2) is 24.3 Å². The van der Waals surface area contributed by atoms with E-state index in [0.717, 1.165) is 5.39 Å². The Morgan fingerprint density at radius 2 is 2.21 bits per heavy atom. The number of hydrogen-bond acceptors (Lipinski definition) is 3. The molecular weight excluding hydrogens is 200 g/mol. The summed E-state index contributed by atoms with van der Waals surface area (Å²) >= 11 is 6.02. The van der Waals surface area contributed by atoms with Crippen molar-refractivity contribution in [3.63, 3.8) is 0 Å². The second-order valence-corrected chi connectivity index (χ2v) is 3.29. The minimum atomic E-state index is 0.395. The first kappa shape index (κ1) is 9.09. The first-order valence-corrected chi connectivity index (χ1v) is 4.49. The summed E-state index contributed by atoms with van der Waals surface area (Å²) in [7, 11) is 1.59. The SMILES string of the molecule is COc1cccc2c(Cl)cc(N)nc12. The minimum absolute atomic E-state index is 0.395. The lowest BCUT2D eigenvalue weighted by molar-refractivity contribution is 0.419. The number of methoxy groups -OCH3 is 1. The Hall–Kier alpha value is -1.48. The first-order chi connectivity index (χ1) is 6.72. The third-order valence-electron chi connectivity index (χ3n) is 1.99. The number of rotatable bonds is 1. The molecule has 1 aromatic heterocycles. The maximum absolute atomic E-state index is 6.02. The summed E-state index contributed by atoms with van der Waals surface area (Å²) in [6, 6.07) is 7.20. The van der Waals surface area contributed by atoms with Crippen LogP contribution in [0, 0.1) is 0 Å². The first-order valence-electron chi connectivity index (χ1n) is 4.11. The van der Waals surface area contributed by atoms with E-state index in [1.807, 2.05) is 18.2 Å². The molecule has 2 aromatic rings. The number of fused-ring (bicyclic) bond motifs is 1. The monoisotopic (exact) mass is 208 g/mol. The van der Waals surface area contributed by atoms with Crippen LogP contribution in [-0.4, -0.2) is 12.1 Å². The molecular formula is C10H9ClN2O. The number of nitrogens with two attached hydrogens (primary N) is 1. The molecule has 0 radical (unpaired) electrons. The Bertz CT molecular complexity index is 485. The van der Waals surface area contributed by atoms with Gasteiger partial charge in [0.15, 0.2) is 0 Å². The summed E-state index contributed by atoms with van der Waals surface area (Å²) < 4.78 is 5.16. The normalized spacial score (nSPS) is 10.4. The molecule has 14 heavy (non-hydrogen) atoms. The number of para-hydroxylation sites is 1. The van der Waals surface area contributed by atoms with Crippen LogP contribution in [0.3, 0.4) is 0 Å². The molecule has 0 atom stereocenters. The number of nitrogen functional groups attached to an aromatic ring is 1. The topological polar surface area (TPSA) is 48.1 Å². The zero-order valence-electron chi connectivity index (χ0n) is 7.62. The number of ether oxygens (including phenoxy) is 1. The van der Waals surface area contributed by atoms with Gasteiger partial charge in [-0.3, -0.25) is 0 Å². The van der Waals surface area contributed by atoms with Gasteiger partial charge in [-0.1, -0.05) is 23.7 Å². The van der Waals surface area contributed by atoms with Gasteiger partial charge in [0, 0.05) is 5.39 Å². The molecule has 4 heteroatoms. The van der Waals surface area contributed by atoms with Gasteiger partial charge in [-0.05, 0) is 12.1 Å². The summed E-state index contributed by atoms with van der Waals surface area (Å²) in [6.07, 6.45) is 0. The Morgan fingerprint density at radius 3 is 2.93 bits per heavy atom. The molecule has 0 amide bonds. The van der Waals surface area contributed by atoms with Gasteiger partial charge < -0.3 is 10.5 Å². The number of hydrogen-bond donors (Lipinski definition) is 1. The van der Waals surface area contributed by atoms with Crippen LogP contribution >= 0.6 is 11.6 Å². The molecule has 0 aliphatic carbocycles. The molecule has 0 saturated carbocycles. The van der Waals surface area contributed by atoms with Crippen molar-refractivity contribution in [1.82, 2.24) is 4.98 Å². The van der Waals surface area contributed by atoms with E-state index in [-0.39, 0.29) is 0 Å². The summed E-state index contributed by atoms with van der Waals surface area (Å²) in [5, 5.41) is 1.44. The van der Waals surface area contributed by atoms with Crippen LogP contribution in [0.2, 0.25) is 5.02 Å². The van der Waals surface area contributed by atoms with Gasteiger partial charge in [0.2, 0.25) is 0 Å². The molecule has 0 saturated heterocycles. The number of pyridine rings is 1. The molecule has 0 aliphatic heterocycles.